The molecule has 0 aliphatic heterocycles. The summed E-state index contributed by atoms with van der Waals surface area (Å²) in [6.07, 6.45) is 3.61. The Labute approximate surface area is 163 Å². The quantitative estimate of drug-likeness (QED) is 0.589. The summed E-state index contributed by atoms with van der Waals surface area (Å²) in [6.45, 7) is 2.57. The summed E-state index contributed by atoms with van der Waals surface area (Å²) in [7, 11) is 0. The first-order chi connectivity index (χ1) is 12.6. The normalized spacial score (nSPS) is 12.0. The van der Waals surface area contributed by atoms with E-state index in [1.807, 2.05) is 31.2 Å². The zero-order chi connectivity index (χ0) is 18.5. The van der Waals surface area contributed by atoms with Gasteiger partial charge in [0.25, 0.3) is 0 Å². The number of nitrogens with one attached hydrogen (secondary N) is 1. The van der Waals surface area contributed by atoms with E-state index in [9.17, 15) is 0 Å². The van der Waals surface area contributed by atoms with Crippen molar-refractivity contribution in [2.75, 3.05) is 18.1 Å². The molecular formula is C20H21ClN4S. The molecule has 3 rings (SSSR count). The van der Waals surface area contributed by atoms with Crippen LogP contribution in [0.1, 0.15) is 17.2 Å². The third-order valence-corrected chi connectivity index (χ3v) is 5.33. The molecule has 0 bridgehead atoms. The summed E-state index contributed by atoms with van der Waals surface area (Å²) in [5.41, 5.74) is 10.2. The Bertz CT molecular complexity index is 883. The molecule has 1 heterocycles. The predicted molar refractivity (Wildman–Crippen MR) is 111 cm³/mol. The molecule has 0 saturated heterocycles. The van der Waals surface area contributed by atoms with E-state index in [2.05, 4.69) is 45.8 Å². The molecule has 0 saturated carbocycles. The molecule has 0 fully saturated rings. The minimum absolute atomic E-state index is 0.113. The van der Waals surface area contributed by atoms with E-state index in [1.54, 1.807) is 18.1 Å². The van der Waals surface area contributed by atoms with E-state index in [0.717, 1.165) is 33.2 Å². The van der Waals surface area contributed by atoms with E-state index >= 15 is 0 Å². The summed E-state index contributed by atoms with van der Waals surface area (Å²) in [5, 5.41) is 4.02. The third kappa shape index (κ3) is 4.55. The van der Waals surface area contributed by atoms with E-state index in [0.29, 0.717) is 6.54 Å². The van der Waals surface area contributed by atoms with Crippen molar-refractivity contribution in [2.45, 2.75) is 17.9 Å². The van der Waals surface area contributed by atoms with Crippen molar-refractivity contribution in [2.24, 2.45) is 5.73 Å². The monoisotopic (exact) mass is 384 g/mol. The highest BCUT2D eigenvalue weighted by Gasteiger charge is 2.08. The summed E-state index contributed by atoms with van der Waals surface area (Å²) in [5.74, 6) is 0.739. The van der Waals surface area contributed by atoms with Gasteiger partial charge >= 0.3 is 0 Å². The van der Waals surface area contributed by atoms with Gasteiger partial charge in [0.05, 0.1) is 5.69 Å². The fourth-order valence-corrected chi connectivity index (χ4v) is 3.14. The van der Waals surface area contributed by atoms with Crippen LogP contribution in [0, 0.1) is 6.92 Å². The lowest BCUT2D eigenvalue weighted by molar-refractivity contribution is 0.760. The summed E-state index contributed by atoms with van der Waals surface area (Å²) >= 11 is 7.94. The highest BCUT2D eigenvalue weighted by Crippen LogP contribution is 2.25. The molecule has 1 aromatic heterocycles. The minimum Gasteiger partial charge on any atom is -0.368 e. The van der Waals surface area contributed by atoms with Crippen molar-refractivity contribution < 1.29 is 0 Å². The summed E-state index contributed by atoms with van der Waals surface area (Å²) in [4.78, 5) is 9.85. The van der Waals surface area contributed by atoms with Gasteiger partial charge in [-0.2, -0.15) is 0 Å². The number of hydrogen-bond acceptors (Lipinski definition) is 5. The van der Waals surface area contributed by atoms with Gasteiger partial charge in [-0.1, -0.05) is 35.9 Å². The van der Waals surface area contributed by atoms with Gasteiger partial charge in [0.1, 0.15) is 12.1 Å². The van der Waals surface area contributed by atoms with Gasteiger partial charge in [0.15, 0.2) is 0 Å². The standard InChI is InChI=1S/C20H21ClN4S/c1-13-3-4-15(9-17(13)21)19-10-20(25-12-24-19)23-11-18(22)14-5-7-16(26-2)8-6-14/h3-10,12,18H,11,22H2,1-2H3,(H,23,24,25)/t18-/m0/s1. The number of aromatic nitrogens is 2. The van der Waals surface area contributed by atoms with Gasteiger partial charge in [-0.05, 0) is 42.5 Å². The Hall–Kier alpha value is -2.08. The average molecular weight is 385 g/mol. The molecular weight excluding hydrogens is 364 g/mol. The van der Waals surface area contributed by atoms with Crippen LogP contribution in [0.15, 0.2) is 59.8 Å². The number of benzene rings is 2. The van der Waals surface area contributed by atoms with Crippen LogP contribution in [0.3, 0.4) is 0 Å². The Morgan fingerprint density at radius 3 is 2.58 bits per heavy atom. The van der Waals surface area contributed by atoms with Crippen LogP contribution in [0.4, 0.5) is 5.82 Å². The maximum absolute atomic E-state index is 6.29. The van der Waals surface area contributed by atoms with E-state index in [1.165, 1.54) is 4.90 Å². The zero-order valence-electron chi connectivity index (χ0n) is 14.7. The maximum Gasteiger partial charge on any atom is 0.130 e. The molecule has 0 aliphatic carbocycles. The average Bonchev–Trinajstić information content (AvgIpc) is 2.68. The number of halogens is 1. The van der Waals surface area contributed by atoms with Gasteiger partial charge in [-0.15, -0.1) is 11.8 Å². The predicted octanol–water partition coefficient (Wildman–Crippen LogP) is 4.94. The highest BCUT2D eigenvalue weighted by molar-refractivity contribution is 7.98. The smallest absolute Gasteiger partial charge is 0.130 e. The van der Waals surface area contributed by atoms with Crippen molar-refractivity contribution in [1.82, 2.24) is 9.97 Å². The van der Waals surface area contributed by atoms with Crippen LogP contribution < -0.4 is 11.1 Å². The van der Waals surface area contributed by atoms with Crippen molar-refractivity contribution in [3.8, 4) is 11.3 Å². The molecule has 0 unspecified atom stereocenters. The van der Waals surface area contributed by atoms with Crippen LogP contribution in [0.25, 0.3) is 11.3 Å². The second kappa shape index (κ2) is 8.54. The van der Waals surface area contributed by atoms with Crippen LogP contribution in [0.5, 0.6) is 0 Å². The molecule has 3 aromatic rings. The number of nitrogens with two attached hydrogens (primary N) is 1. The van der Waals surface area contributed by atoms with Crippen molar-refractivity contribution in [1.29, 1.82) is 0 Å². The molecule has 134 valence electrons. The number of hydrogen-bond donors (Lipinski definition) is 2. The molecule has 0 aliphatic rings. The van der Waals surface area contributed by atoms with Crippen LogP contribution in [-0.2, 0) is 0 Å². The Kier molecular flexibility index (Phi) is 6.14. The van der Waals surface area contributed by atoms with Gasteiger partial charge in [-0.3, -0.25) is 0 Å². The summed E-state index contributed by atoms with van der Waals surface area (Å²) < 4.78 is 0. The fourth-order valence-electron chi connectivity index (χ4n) is 2.55. The van der Waals surface area contributed by atoms with Gasteiger partial charge in [0.2, 0.25) is 0 Å². The number of aryl methyl sites for hydroxylation is 1. The number of rotatable bonds is 6. The van der Waals surface area contributed by atoms with Crippen molar-refractivity contribution in [3.63, 3.8) is 0 Å². The molecule has 6 heteroatoms. The second-order valence-corrected chi connectivity index (χ2v) is 7.30. The molecule has 0 spiro atoms. The Balaban J connectivity index is 1.69. The summed E-state index contributed by atoms with van der Waals surface area (Å²) in [6, 6.07) is 16.0. The first-order valence-electron chi connectivity index (χ1n) is 8.29. The largest absolute Gasteiger partial charge is 0.368 e. The van der Waals surface area contributed by atoms with Gasteiger partial charge in [-0.25, -0.2) is 9.97 Å². The third-order valence-electron chi connectivity index (χ3n) is 4.18. The van der Waals surface area contributed by atoms with E-state index in [4.69, 9.17) is 17.3 Å². The van der Waals surface area contributed by atoms with E-state index < -0.39 is 0 Å². The Morgan fingerprint density at radius 2 is 1.88 bits per heavy atom. The first kappa shape index (κ1) is 18.7. The van der Waals surface area contributed by atoms with Crippen molar-refractivity contribution >= 4 is 29.2 Å². The Morgan fingerprint density at radius 1 is 1.12 bits per heavy atom. The van der Waals surface area contributed by atoms with Gasteiger partial charge in [0, 0.05) is 34.1 Å². The van der Waals surface area contributed by atoms with Crippen LogP contribution in [0.2, 0.25) is 5.02 Å². The lowest BCUT2D eigenvalue weighted by Gasteiger charge is -2.14. The first-order valence-corrected chi connectivity index (χ1v) is 9.89. The topological polar surface area (TPSA) is 63.8 Å². The molecule has 0 radical (unpaired) electrons. The second-order valence-electron chi connectivity index (χ2n) is 6.01. The SMILES string of the molecule is CSc1ccc([C@@H](N)CNc2cc(-c3ccc(C)c(Cl)c3)ncn2)cc1. The molecule has 0 amide bonds. The number of nitrogens with zero attached hydrogens (tertiary/aromatic N) is 2. The molecule has 3 N–H and O–H groups in total. The number of thioether (sulfide) groups is 1. The minimum atomic E-state index is -0.113. The van der Waals surface area contributed by atoms with Gasteiger partial charge < -0.3 is 11.1 Å². The fraction of sp³-hybridized carbons (Fsp3) is 0.200. The zero-order valence-corrected chi connectivity index (χ0v) is 16.3. The molecule has 26 heavy (non-hydrogen) atoms. The van der Waals surface area contributed by atoms with Crippen molar-refractivity contribution in [3.05, 3.63) is 71.0 Å². The molecule has 4 nitrogen and oxygen atoms in total. The molecule has 2 aromatic carbocycles. The lowest BCUT2D eigenvalue weighted by Crippen LogP contribution is -2.21. The molecule has 1 atom stereocenters. The lowest BCUT2D eigenvalue weighted by atomic mass is 10.1. The van der Waals surface area contributed by atoms with E-state index in [-0.39, 0.29) is 6.04 Å². The van der Waals surface area contributed by atoms with Crippen LogP contribution in [-0.4, -0.2) is 22.8 Å². The van der Waals surface area contributed by atoms with Crippen LogP contribution >= 0.6 is 23.4 Å². The highest BCUT2D eigenvalue weighted by atomic mass is 35.5. The number of anilines is 1. The maximum atomic E-state index is 6.29.